The monoisotopic (exact) mass is 361 g/mol. The number of aromatic carboxylic acids is 1. The maximum Gasteiger partial charge on any atom is 0.335 e. The van der Waals surface area contributed by atoms with Crippen molar-refractivity contribution in [3.8, 4) is 5.75 Å². The van der Waals surface area contributed by atoms with Crippen LogP contribution in [0.25, 0.3) is 0 Å². The van der Waals surface area contributed by atoms with Crippen LogP contribution >= 0.6 is 0 Å². The van der Waals surface area contributed by atoms with Crippen molar-refractivity contribution in [2.75, 3.05) is 6.61 Å². The average molecular weight is 361 g/mol. The highest BCUT2D eigenvalue weighted by molar-refractivity contribution is 5.88. The van der Waals surface area contributed by atoms with Crippen LogP contribution in [-0.4, -0.2) is 22.7 Å². The van der Waals surface area contributed by atoms with E-state index in [9.17, 15) is 9.90 Å². The number of benzene rings is 2. The minimum absolute atomic E-state index is 0.220. The quantitative estimate of drug-likeness (QED) is 0.743. The summed E-state index contributed by atoms with van der Waals surface area (Å²) >= 11 is 0. The summed E-state index contributed by atoms with van der Waals surface area (Å²) in [6.45, 7) is 0.916. The van der Waals surface area contributed by atoms with Crippen LogP contribution in [0.1, 0.15) is 38.7 Å². The molecule has 0 bridgehead atoms. The lowest BCUT2D eigenvalue weighted by Gasteiger charge is -2.20. The maximum atomic E-state index is 11.4. The Labute approximate surface area is 157 Å². The van der Waals surface area contributed by atoms with Crippen molar-refractivity contribution < 1.29 is 19.4 Å². The van der Waals surface area contributed by atoms with Crippen molar-refractivity contribution in [3.05, 3.63) is 94.8 Å². The molecule has 1 aliphatic heterocycles. The van der Waals surface area contributed by atoms with Gasteiger partial charge in [-0.3, -0.25) is 4.98 Å². The molecule has 5 nitrogen and oxygen atoms in total. The maximum absolute atomic E-state index is 11.4. The lowest BCUT2D eigenvalue weighted by atomic mass is 9.96. The molecule has 2 aromatic carbocycles. The van der Waals surface area contributed by atoms with Gasteiger partial charge in [0.25, 0.3) is 0 Å². The first kappa shape index (κ1) is 17.2. The number of hydrogen-bond acceptors (Lipinski definition) is 4. The number of fused-ring (bicyclic) bond motifs is 2. The third kappa shape index (κ3) is 3.68. The van der Waals surface area contributed by atoms with E-state index in [0.717, 1.165) is 28.7 Å². The van der Waals surface area contributed by atoms with Gasteiger partial charge in [0, 0.05) is 18.0 Å². The van der Waals surface area contributed by atoms with Gasteiger partial charge in [-0.05, 0) is 47.4 Å². The summed E-state index contributed by atoms with van der Waals surface area (Å²) in [6, 6.07) is 16.8. The van der Waals surface area contributed by atoms with Crippen LogP contribution in [-0.2, 0) is 17.8 Å². The molecule has 5 heteroatoms. The third-order valence-electron chi connectivity index (χ3n) is 4.66. The van der Waals surface area contributed by atoms with Gasteiger partial charge >= 0.3 is 5.97 Å². The predicted molar refractivity (Wildman–Crippen MR) is 99.9 cm³/mol. The van der Waals surface area contributed by atoms with Crippen LogP contribution in [0.5, 0.6) is 5.75 Å². The van der Waals surface area contributed by atoms with Crippen LogP contribution in [0.4, 0.5) is 0 Å². The van der Waals surface area contributed by atoms with Crippen LogP contribution in [0, 0.1) is 0 Å². The Bertz CT molecular complexity index is 956. The van der Waals surface area contributed by atoms with Gasteiger partial charge in [0.1, 0.15) is 18.5 Å². The minimum Gasteiger partial charge on any atom is -0.488 e. The molecule has 0 saturated carbocycles. The smallest absolute Gasteiger partial charge is 0.335 e. The predicted octanol–water partition coefficient (Wildman–Crippen LogP) is 4.02. The molecule has 3 aromatic rings. The summed E-state index contributed by atoms with van der Waals surface area (Å²) in [7, 11) is 0. The molecule has 0 radical (unpaired) electrons. The van der Waals surface area contributed by atoms with Crippen molar-refractivity contribution in [2.24, 2.45) is 0 Å². The van der Waals surface area contributed by atoms with Gasteiger partial charge in [-0.15, -0.1) is 0 Å². The standard InChI is InChI=1S/C22H19NO4/c24-22(25)16-7-8-20-19(12-16)21(18-6-2-1-5-17(18)14-27-20)26-11-9-15-4-3-10-23-13-15/h1-8,10,12-13,21H,9,11,14H2,(H,24,25). The first-order valence-corrected chi connectivity index (χ1v) is 8.81. The van der Waals surface area contributed by atoms with Crippen LogP contribution in [0.3, 0.4) is 0 Å². The van der Waals surface area contributed by atoms with Crippen molar-refractivity contribution in [2.45, 2.75) is 19.1 Å². The number of hydrogen-bond donors (Lipinski definition) is 1. The zero-order valence-electron chi connectivity index (χ0n) is 14.7. The molecule has 0 saturated heterocycles. The van der Waals surface area contributed by atoms with E-state index < -0.39 is 5.97 Å². The van der Waals surface area contributed by atoms with Crippen molar-refractivity contribution >= 4 is 5.97 Å². The highest BCUT2D eigenvalue weighted by atomic mass is 16.5. The van der Waals surface area contributed by atoms with Gasteiger partial charge in [0.2, 0.25) is 0 Å². The van der Waals surface area contributed by atoms with E-state index in [4.69, 9.17) is 9.47 Å². The molecule has 2 heterocycles. The number of nitrogens with zero attached hydrogens (tertiary/aromatic N) is 1. The fourth-order valence-corrected chi connectivity index (χ4v) is 3.28. The Morgan fingerprint density at radius 1 is 1.15 bits per heavy atom. The van der Waals surface area contributed by atoms with E-state index in [1.165, 1.54) is 0 Å². The SMILES string of the molecule is O=C(O)c1ccc2c(c1)C(OCCc1cccnc1)c1ccccc1CO2. The molecule has 0 aliphatic carbocycles. The summed E-state index contributed by atoms with van der Waals surface area (Å²) in [5, 5.41) is 9.37. The fourth-order valence-electron chi connectivity index (χ4n) is 3.28. The van der Waals surface area contributed by atoms with Gasteiger partial charge in [0.15, 0.2) is 0 Å². The summed E-state index contributed by atoms with van der Waals surface area (Å²) in [5.41, 5.74) is 4.10. The zero-order chi connectivity index (χ0) is 18.6. The van der Waals surface area contributed by atoms with Crippen molar-refractivity contribution in [1.82, 2.24) is 4.98 Å². The van der Waals surface area contributed by atoms with Crippen LogP contribution < -0.4 is 4.74 Å². The normalized spacial score (nSPS) is 15.2. The van der Waals surface area contributed by atoms with Crippen LogP contribution in [0.15, 0.2) is 67.0 Å². The molecule has 4 rings (SSSR count). The molecular weight excluding hydrogens is 342 g/mol. The van der Waals surface area contributed by atoms with E-state index in [1.54, 1.807) is 24.4 Å². The van der Waals surface area contributed by atoms with E-state index >= 15 is 0 Å². The molecule has 0 fully saturated rings. The van der Waals surface area contributed by atoms with Gasteiger partial charge in [-0.1, -0.05) is 30.3 Å². The van der Waals surface area contributed by atoms with Crippen molar-refractivity contribution in [3.63, 3.8) is 0 Å². The van der Waals surface area contributed by atoms with Gasteiger partial charge < -0.3 is 14.6 Å². The molecule has 136 valence electrons. The number of carbonyl (C=O) groups is 1. The molecule has 0 amide bonds. The Morgan fingerprint density at radius 2 is 2.04 bits per heavy atom. The number of ether oxygens (including phenoxy) is 2. The molecule has 1 aliphatic rings. The molecular formula is C22H19NO4. The zero-order valence-corrected chi connectivity index (χ0v) is 14.7. The molecule has 1 N–H and O–H groups in total. The lowest BCUT2D eigenvalue weighted by molar-refractivity contribution is 0.0694. The second kappa shape index (κ2) is 7.60. The number of pyridine rings is 1. The average Bonchev–Trinajstić information content (AvgIpc) is 2.86. The highest BCUT2D eigenvalue weighted by Gasteiger charge is 2.26. The summed E-state index contributed by atoms with van der Waals surface area (Å²) < 4.78 is 12.2. The van der Waals surface area contributed by atoms with E-state index in [2.05, 4.69) is 4.98 Å². The Balaban J connectivity index is 1.67. The first-order chi connectivity index (χ1) is 13.2. The second-order valence-electron chi connectivity index (χ2n) is 6.41. The van der Waals surface area contributed by atoms with Crippen molar-refractivity contribution in [1.29, 1.82) is 0 Å². The molecule has 1 unspecified atom stereocenters. The third-order valence-corrected chi connectivity index (χ3v) is 4.66. The topological polar surface area (TPSA) is 68.7 Å². The van der Waals surface area contributed by atoms with Gasteiger partial charge in [0.05, 0.1) is 12.2 Å². The largest absolute Gasteiger partial charge is 0.488 e. The molecule has 1 aromatic heterocycles. The second-order valence-corrected chi connectivity index (χ2v) is 6.41. The van der Waals surface area contributed by atoms with E-state index in [0.29, 0.717) is 19.0 Å². The number of rotatable bonds is 5. The Kier molecular flexibility index (Phi) is 4.85. The first-order valence-electron chi connectivity index (χ1n) is 8.81. The summed E-state index contributed by atoms with van der Waals surface area (Å²) in [4.78, 5) is 15.6. The highest BCUT2D eigenvalue weighted by Crippen LogP contribution is 2.38. The number of carboxylic acid groups (broad SMARTS) is 1. The lowest BCUT2D eigenvalue weighted by Crippen LogP contribution is -2.11. The van der Waals surface area contributed by atoms with Gasteiger partial charge in [-0.25, -0.2) is 4.79 Å². The minimum atomic E-state index is -0.968. The van der Waals surface area contributed by atoms with E-state index in [-0.39, 0.29) is 11.7 Å². The van der Waals surface area contributed by atoms with E-state index in [1.807, 2.05) is 42.6 Å². The Hall–Kier alpha value is -3.18. The fraction of sp³-hybridized carbons (Fsp3) is 0.182. The van der Waals surface area contributed by atoms with Gasteiger partial charge in [-0.2, -0.15) is 0 Å². The Morgan fingerprint density at radius 3 is 2.85 bits per heavy atom. The number of aromatic nitrogens is 1. The molecule has 27 heavy (non-hydrogen) atoms. The summed E-state index contributed by atoms with van der Waals surface area (Å²) in [6.07, 6.45) is 3.91. The molecule has 1 atom stereocenters. The summed E-state index contributed by atoms with van der Waals surface area (Å²) in [5.74, 6) is -0.313. The molecule has 0 spiro atoms. The number of carboxylic acids is 1. The van der Waals surface area contributed by atoms with Crippen LogP contribution in [0.2, 0.25) is 0 Å².